The zero-order valence-electron chi connectivity index (χ0n) is 29.4. The van der Waals surface area contributed by atoms with Gasteiger partial charge < -0.3 is 15.3 Å². The summed E-state index contributed by atoms with van der Waals surface area (Å²) >= 11 is 6.57. The van der Waals surface area contributed by atoms with Crippen molar-refractivity contribution in [3.8, 4) is 11.1 Å². The molecule has 4 aromatic rings. The summed E-state index contributed by atoms with van der Waals surface area (Å²) in [5.74, 6) is -7.92. The Morgan fingerprint density at radius 2 is 1.84 bits per heavy atom. The number of allylic oxidation sites excluding steroid dienone is 1. The standard InChI is InChI=1S/C35H33ClF6N8O4S/c1-48(8-9-51)25-7-5-19(20-4-6-23(36)28-31(20)49(2)46-34(28)47-55(3,53)54)29(44-25)24(12-16-10-17(37)13-18(38)11-16)43-26(52)15-50-32-27(30(45-50)33(39)40)21-14-22(21)35(32,41)42/h4-7,10-11,13,21-22,24,30,33,51H,8-9,12,14-15H2,1-3H3,(H-,43,46,47,52)/p+1/t21-,22+,24-,30?/m0/s1. The smallest absolute Gasteiger partial charge is 0.335 e. The highest BCUT2D eigenvalue weighted by Crippen LogP contribution is 2.65. The molecule has 3 heterocycles. The predicted molar refractivity (Wildman–Crippen MR) is 190 cm³/mol. The lowest BCUT2D eigenvalue weighted by Gasteiger charge is -2.25. The fraction of sp³-hybridized carbons (Fsp3) is 0.400. The molecule has 55 heavy (non-hydrogen) atoms. The van der Waals surface area contributed by atoms with Gasteiger partial charge in [0.2, 0.25) is 16.1 Å². The topological polar surface area (TPSA) is 145 Å². The molecular weight excluding hydrogens is 778 g/mol. The van der Waals surface area contributed by atoms with E-state index in [4.69, 9.17) is 16.6 Å². The average molecular weight is 812 g/mol. The van der Waals surface area contributed by atoms with E-state index in [9.17, 15) is 35.9 Å². The number of nitrogens with zero attached hydrogens (tertiary/aromatic N) is 6. The number of azo groups is 2. The highest BCUT2D eigenvalue weighted by molar-refractivity contribution is 7.92. The molecule has 12 nitrogen and oxygen atoms in total. The van der Waals surface area contributed by atoms with Gasteiger partial charge in [0, 0.05) is 49.3 Å². The van der Waals surface area contributed by atoms with Crippen LogP contribution in [0, 0.1) is 23.5 Å². The van der Waals surface area contributed by atoms with E-state index in [1.54, 1.807) is 37.2 Å². The van der Waals surface area contributed by atoms with Gasteiger partial charge in [-0.2, -0.15) is 13.9 Å². The number of aryl methyl sites for hydroxylation is 1. The van der Waals surface area contributed by atoms with Crippen molar-refractivity contribution in [1.82, 2.24) is 20.1 Å². The molecule has 292 valence electrons. The number of halogens is 7. The monoisotopic (exact) mass is 811 g/mol. The van der Waals surface area contributed by atoms with E-state index < -0.39 is 76.1 Å². The van der Waals surface area contributed by atoms with Gasteiger partial charge in [-0.25, -0.2) is 31.0 Å². The van der Waals surface area contributed by atoms with Gasteiger partial charge >= 0.3 is 5.92 Å². The number of amides is 1. The minimum absolute atomic E-state index is 0.0484. The summed E-state index contributed by atoms with van der Waals surface area (Å²) in [4.78, 5) is 20.3. The number of hydrogen-bond donors (Lipinski definition) is 3. The summed E-state index contributed by atoms with van der Waals surface area (Å²) in [6.07, 6.45) is -2.39. The highest BCUT2D eigenvalue weighted by atomic mass is 35.5. The number of alkyl halides is 4. The number of likely N-dealkylation sites (N-methyl/N-ethyl adjacent to an activating group) is 1. The van der Waals surface area contributed by atoms with E-state index in [0.29, 0.717) is 33.2 Å². The van der Waals surface area contributed by atoms with Gasteiger partial charge in [0.15, 0.2) is 5.82 Å². The SMILES string of the molecule is CN(CCO)c1ccc(-c2ccc(Cl)c3c(NS(C)(=O)=O)nn(C)c23)c([C@H](Cc2cc(F)cc(F)c2)NC(=O)C[N+]2=NC(C(F)F)C3=C2C(F)(F)[C@@H]2C[C@H]32)n1. The van der Waals surface area contributed by atoms with E-state index in [-0.39, 0.29) is 59.1 Å². The number of fused-ring (bicyclic) bond motifs is 3. The molecule has 3 N–H and O–H groups in total. The molecule has 4 atom stereocenters. The number of sulfonamides is 1. The number of pyridine rings is 1. The molecule has 7 rings (SSSR count). The Balaban J connectivity index is 1.36. The molecule has 1 aliphatic heterocycles. The van der Waals surface area contributed by atoms with Crippen molar-refractivity contribution < 1.29 is 49.4 Å². The number of aliphatic hydroxyl groups excluding tert-OH is 1. The fourth-order valence-electron chi connectivity index (χ4n) is 7.57. The predicted octanol–water partition coefficient (Wildman–Crippen LogP) is 5.42. The van der Waals surface area contributed by atoms with E-state index in [1.165, 1.54) is 10.7 Å². The highest BCUT2D eigenvalue weighted by Gasteiger charge is 2.74. The van der Waals surface area contributed by atoms with E-state index in [0.717, 1.165) is 18.4 Å². The molecule has 2 aliphatic carbocycles. The number of benzene rings is 2. The number of nitrogens with one attached hydrogen (secondary N) is 2. The summed E-state index contributed by atoms with van der Waals surface area (Å²) in [7, 11) is -0.640. The van der Waals surface area contributed by atoms with Gasteiger partial charge in [0.1, 0.15) is 17.5 Å². The van der Waals surface area contributed by atoms with E-state index in [1.807, 2.05) is 0 Å². The second-order valence-electron chi connectivity index (χ2n) is 13.8. The summed E-state index contributed by atoms with van der Waals surface area (Å²) in [5.41, 5.74) is 0.323. The third-order valence-electron chi connectivity index (χ3n) is 9.89. The lowest BCUT2D eigenvalue weighted by atomic mass is 9.94. The quantitative estimate of drug-likeness (QED) is 0.121. The zero-order valence-corrected chi connectivity index (χ0v) is 30.9. The molecule has 0 spiro atoms. The van der Waals surface area contributed by atoms with Crippen molar-refractivity contribution in [2.45, 2.75) is 37.3 Å². The summed E-state index contributed by atoms with van der Waals surface area (Å²) in [5, 5.41) is 20.9. The van der Waals surface area contributed by atoms with Crippen LogP contribution in [0.5, 0.6) is 0 Å². The minimum atomic E-state index is -3.81. The van der Waals surface area contributed by atoms with Crippen LogP contribution in [0.3, 0.4) is 0 Å². The number of rotatable bonds is 13. The molecule has 1 unspecified atom stereocenters. The van der Waals surface area contributed by atoms with Crippen LogP contribution >= 0.6 is 11.6 Å². The van der Waals surface area contributed by atoms with Crippen LogP contribution in [0.2, 0.25) is 5.02 Å². The van der Waals surface area contributed by atoms with Crippen LogP contribution < -0.4 is 14.9 Å². The molecule has 2 aromatic heterocycles. The van der Waals surface area contributed by atoms with Crippen LogP contribution in [0.15, 0.2) is 58.8 Å². The first-order valence-electron chi connectivity index (χ1n) is 17.0. The van der Waals surface area contributed by atoms with Crippen molar-refractivity contribution in [2.75, 3.05) is 42.6 Å². The number of hydrogen-bond acceptors (Lipinski definition) is 8. The fourth-order valence-corrected chi connectivity index (χ4v) is 8.31. The Bertz CT molecular complexity index is 2390. The number of carbonyl (C=O) groups is 1. The Hall–Kier alpha value is -4.75. The van der Waals surface area contributed by atoms with Gasteiger partial charge in [-0.15, -0.1) is 0 Å². The molecule has 1 amide bonds. The third-order valence-corrected chi connectivity index (χ3v) is 10.8. The molecule has 20 heteroatoms. The van der Waals surface area contributed by atoms with E-state index >= 15 is 8.78 Å². The Kier molecular flexibility index (Phi) is 9.86. The molecular formula is C35H34ClF6N8O4S+. The Morgan fingerprint density at radius 3 is 2.49 bits per heavy atom. The molecule has 1 fully saturated rings. The maximum Gasteiger partial charge on any atom is 0.335 e. The lowest BCUT2D eigenvalue weighted by molar-refractivity contribution is -0.548. The second kappa shape index (κ2) is 14.1. The van der Waals surface area contributed by atoms with Crippen LogP contribution in [0.25, 0.3) is 22.0 Å². The van der Waals surface area contributed by atoms with Crippen LogP contribution in [-0.4, -0.2) is 90.3 Å². The van der Waals surface area contributed by atoms with Gasteiger partial charge in [-0.3, -0.25) is 14.2 Å². The van der Waals surface area contributed by atoms with Crippen LogP contribution in [0.1, 0.15) is 23.7 Å². The molecule has 2 aromatic carbocycles. The Morgan fingerprint density at radius 1 is 1.15 bits per heavy atom. The average Bonchev–Trinajstić information content (AvgIpc) is 3.63. The van der Waals surface area contributed by atoms with Gasteiger partial charge in [-0.05, 0) is 59.8 Å². The third kappa shape index (κ3) is 7.24. The molecule has 1 saturated carbocycles. The molecule has 0 bridgehead atoms. The molecule has 3 aliphatic rings. The van der Waals surface area contributed by atoms with Crippen molar-refractivity contribution in [2.24, 2.45) is 24.0 Å². The van der Waals surface area contributed by atoms with Crippen molar-refractivity contribution in [3.05, 3.63) is 81.6 Å². The first kappa shape index (κ1) is 38.5. The molecule has 0 saturated heterocycles. The largest absolute Gasteiger partial charge is 0.395 e. The Labute approximate surface area is 315 Å². The summed E-state index contributed by atoms with van der Waals surface area (Å²) < 4.78 is 117. The van der Waals surface area contributed by atoms with Crippen molar-refractivity contribution in [1.29, 1.82) is 0 Å². The number of anilines is 2. The molecule has 0 radical (unpaired) electrons. The number of aromatic nitrogens is 3. The van der Waals surface area contributed by atoms with Crippen LogP contribution in [-0.2, 0) is 28.3 Å². The van der Waals surface area contributed by atoms with Crippen LogP contribution in [0.4, 0.5) is 38.0 Å². The minimum Gasteiger partial charge on any atom is -0.395 e. The normalized spacial score (nSPS) is 20.4. The number of carbonyl (C=O) groups excluding carboxylic acids is 1. The van der Waals surface area contributed by atoms with Crippen molar-refractivity contribution >= 4 is 50.1 Å². The summed E-state index contributed by atoms with van der Waals surface area (Å²) in [6.45, 7) is -1.01. The van der Waals surface area contributed by atoms with Gasteiger partial charge in [0.05, 0.1) is 40.5 Å². The van der Waals surface area contributed by atoms with Gasteiger partial charge in [0.25, 0.3) is 24.6 Å². The van der Waals surface area contributed by atoms with Crippen molar-refractivity contribution in [3.63, 3.8) is 0 Å². The zero-order chi connectivity index (χ0) is 39.7. The summed E-state index contributed by atoms with van der Waals surface area (Å²) in [6, 6.07) is 5.98. The maximum atomic E-state index is 15.4. The first-order chi connectivity index (χ1) is 25.9. The maximum absolute atomic E-state index is 15.4. The first-order valence-corrected chi connectivity index (χ1v) is 19.2. The van der Waals surface area contributed by atoms with E-state index in [2.05, 4.69) is 20.3 Å². The second-order valence-corrected chi connectivity index (χ2v) is 16.0. The number of aliphatic hydroxyl groups is 1. The van der Waals surface area contributed by atoms with Gasteiger partial charge in [-0.1, -0.05) is 22.4 Å². The lowest BCUT2D eigenvalue weighted by Crippen LogP contribution is -2.38.